The van der Waals surface area contributed by atoms with Gasteiger partial charge in [-0.15, -0.1) is 0 Å². The highest BCUT2D eigenvalue weighted by Crippen LogP contribution is 2.58. The standard InChI is InChI=1S/C21H40/c1-16(2)21(17(3)4,18-10-8-7-9-11-18)19-12-14-20(5,6)15-13-19/h16-19H,7-15H2,1-6H3. The third kappa shape index (κ3) is 3.35. The second kappa shape index (κ2) is 6.63. The fraction of sp³-hybridized carbons (Fsp3) is 1.00. The summed E-state index contributed by atoms with van der Waals surface area (Å²) in [4.78, 5) is 0. The third-order valence-electron chi connectivity index (χ3n) is 7.36. The van der Waals surface area contributed by atoms with Gasteiger partial charge in [0.1, 0.15) is 0 Å². The first-order chi connectivity index (χ1) is 9.80. The zero-order valence-corrected chi connectivity index (χ0v) is 15.7. The highest BCUT2D eigenvalue weighted by molar-refractivity contribution is 4.99. The van der Waals surface area contributed by atoms with Crippen molar-refractivity contribution >= 4 is 0 Å². The summed E-state index contributed by atoms with van der Waals surface area (Å²) in [6.07, 6.45) is 13.4. The molecule has 0 aromatic carbocycles. The molecular weight excluding hydrogens is 252 g/mol. The molecule has 0 radical (unpaired) electrons. The molecule has 0 atom stereocenters. The molecule has 0 bridgehead atoms. The Hall–Kier alpha value is 0. The molecule has 0 heterocycles. The van der Waals surface area contributed by atoms with E-state index in [0.717, 1.165) is 23.7 Å². The Morgan fingerprint density at radius 2 is 1.14 bits per heavy atom. The Balaban J connectivity index is 2.26. The van der Waals surface area contributed by atoms with Crippen LogP contribution in [0.3, 0.4) is 0 Å². The molecule has 0 saturated heterocycles. The van der Waals surface area contributed by atoms with Crippen LogP contribution in [-0.2, 0) is 0 Å². The maximum Gasteiger partial charge on any atom is -0.0195 e. The van der Waals surface area contributed by atoms with Crippen LogP contribution >= 0.6 is 0 Å². The lowest BCUT2D eigenvalue weighted by Crippen LogP contribution is -2.49. The predicted octanol–water partition coefficient (Wildman–Crippen LogP) is 7.08. The van der Waals surface area contributed by atoms with Crippen LogP contribution in [0, 0.1) is 34.5 Å². The van der Waals surface area contributed by atoms with E-state index < -0.39 is 0 Å². The van der Waals surface area contributed by atoms with E-state index in [1.807, 2.05) is 0 Å². The highest BCUT2D eigenvalue weighted by Gasteiger charge is 2.50. The van der Waals surface area contributed by atoms with E-state index in [4.69, 9.17) is 0 Å². The lowest BCUT2D eigenvalue weighted by atomic mass is 9.49. The van der Waals surface area contributed by atoms with Gasteiger partial charge >= 0.3 is 0 Å². The van der Waals surface area contributed by atoms with Gasteiger partial charge in [-0.05, 0) is 73.0 Å². The van der Waals surface area contributed by atoms with Crippen molar-refractivity contribution < 1.29 is 0 Å². The molecule has 124 valence electrons. The summed E-state index contributed by atoms with van der Waals surface area (Å²) in [5, 5.41) is 0. The molecule has 0 aromatic rings. The Kier molecular flexibility index (Phi) is 5.48. The molecule has 0 nitrogen and oxygen atoms in total. The van der Waals surface area contributed by atoms with Gasteiger partial charge in [-0.2, -0.15) is 0 Å². The van der Waals surface area contributed by atoms with E-state index in [9.17, 15) is 0 Å². The molecule has 2 rings (SSSR count). The molecule has 0 N–H and O–H groups in total. The van der Waals surface area contributed by atoms with Crippen molar-refractivity contribution in [1.82, 2.24) is 0 Å². The molecule has 2 aliphatic rings. The highest BCUT2D eigenvalue weighted by atomic mass is 14.5. The van der Waals surface area contributed by atoms with Crippen LogP contribution in [-0.4, -0.2) is 0 Å². The lowest BCUT2D eigenvalue weighted by Gasteiger charge is -2.56. The van der Waals surface area contributed by atoms with Gasteiger partial charge in [0.15, 0.2) is 0 Å². The fourth-order valence-electron chi connectivity index (χ4n) is 6.39. The summed E-state index contributed by atoms with van der Waals surface area (Å²) in [6, 6.07) is 0. The summed E-state index contributed by atoms with van der Waals surface area (Å²) in [5.74, 6) is 3.66. The normalized spacial score (nSPS) is 25.7. The molecule has 0 unspecified atom stereocenters. The minimum Gasteiger partial charge on any atom is -0.0622 e. The molecule has 0 aromatic heterocycles. The molecule has 0 spiro atoms. The van der Waals surface area contributed by atoms with Crippen LogP contribution in [0.5, 0.6) is 0 Å². The molecule has 0 amide bonds. The van der Waals surface area contributed by atoms with Gasteiger partial charge in [-0.25, -0.2) is 0 Å². The first-order valence-corrected chi connectivity index (χ1v) is 9.80. The fourth-order valence-corrected chi connectivity index (χ4v) is 6.39. The summed E-state index contributed by atoms with van der Waals surface area (Å²) in [5.41, 5.74) is 1.21. The van der Waals surface area contributed by atoms with Crippen molar-refractivity contribution in [2.75, 3.05) is 0 Å². The van der Waals surface area contributed by atoms with Crippen LogP contribution in [0.4, 0.5) is 0 Å². The van der Waals surface area contributed by atoms with Crippen LogP contribution in [0.15, 0.2) is 0 Å². The summed E-state index contributed by atoms with van der Waals surface area (Å²) >= 11 is 0. The first kappa shape index (κ1) is 17.4. The van der Waals surface area contributed by atoms with Crippen molar-refractivity contribution in [2.45, 2.75) is 99.3 Å². The molecule has 21 heavy (non-hydrogen) atoms. The van der Waals surface area contributed by atoms with E-state index in [0.29, 0.717) is 10.8 Å². The monoisotopic (exact) mass is 292 g/mol. The third-order valence-corrected chi connectivity index (χ3v) is 7.36. The maximum atomic E-state index is 2.54. The van der Waals surface area contributed by atoms with Crippen LogP contribution in [0.2, 0.25) is 0 Å². The number of rotatable bonds is 4. The topological polar surface area (TPSA) is 0 Å². The SMILES string of the molecule is CC(C)C(C(C)C)(C1CCCCC1)C1CCC(C)(C)CC1. The quantitative estimate of drug-likeness (QED) is 0.519. The number of hydrogen-bond acceptors (Lipinski definition) is 0. The van der Waals surface area contributed by atoms with Crippen LogP contribution in [0.25, 0.3) is 0 Å². The van der Waals surface area contributed by atoms with Gasteiger partial charge in [0, 0.05) is 0 Å². The minimum absolute atomic E-state index is 0.600. The molecular formula is C21H40. The zero-order chi connectivity index (χ0) is 15.7. The average Bonchev–Trinajstić information content (AvgIpc) is 2.41. The van der Waals surface area contributed by atoms with E-state index in [1.54, 1.807) is 0 Å². The maximum absolute atomic E-state index is 2.54. The second-order valence-corrected chi connectivity index (χ2v) is 9.58. The van der Waals surface area contributed by atoms with Crippen molar-refractivity contribution in [3.63, 3.8) is 0 Å². The average molecular weight is 293 g/mol. The van der Waals surface area contributed by atoms with Gasteiger partial charge < -0.3 is 0 Å². The van der Waals surface area contributed by atoms with Crippen LogP contribution in [0.1, 0.15) is 99.3 Å². The smallest absolute Gasteiger partial charge is 0.0195 e. The summed E-state index contributed by atoms with van der Waals surface area (Å²) in [6.45, 7) is 15.1. The van der Waals surface area contributed by atoms with Crippen molar-refractivity contribution in [3.05, 3.63) is 0 Å². The van der Waals surface area contributed by atoms with Crippen molar-refractivity contribution in [3.8, 4) is 0 Å². The predicted molar refractivity (Wildman–Crippen MR) is 94.4 cm³/mol. The van der Waals surface area contributed by atoms with Gasteiger partial charge in [-0.1, -0.05) is 60.8 Å². The van der Waals surface area contributed by atoms with Crippen molar-refractivity contribution in [2.24, 2.45) is 34.5 Å². The molecule has 2 aliphatic carbocycles. The van der Waals surface area contributed by atoms with Gasteiger partial charge in [0.25, 0.3) is 0 Å². The number of hydrogen-bond donors (Lipinski definition) is 0. The van der Waals surface area contributed by atoms with Crippen LogP contribution < -0.4 is 0 Å². The Morgan fingerprint density at radius 1 is 0.714 bits per heavy atom. The van der Waals surface area contributed by atoms with E-state index in [2.05, 4.69) is 41.5 Å². The lowest BCUT2D eigenvalue weighted by molar-refractivity contribution is -0.0730. The summed E-state index contributed by atoms with van der Waals surface area (Å²) < 4.78 is 0. The second-order valence-electron chi connectivity index (χ2n) is 9.58. The molecule has 2 fully saturated rings. The molecule has 2 saturated carbocycles. The van der Waals surface area contributed by atoms with Gasteiger partial charge in [0.2, 0.25) is 0 Å². The van der Waals surface area contributed by atoms with Gasteiger partial charge in [0.05, 0.1) is 0 Å². The minimum atomic E-state index is 0.600. The largest absolute Gasteiger partial charge is 0.0622 e. The Morgan fingerprint density at radius 3 is 1.57 bits per heavy atom. The Bertz CT molecular complexity index is 299. The zero-order valence-electron chi connectivity index (χ0n) is 15.7. The van der Waals surface area contributed by atoms with Crippen molar-refractivity contribution in [1.29, 1.82) is 0 Å². The molecule has 0 aliphatic heterocycles. The van der Waals surface area contributed by atoms with E-state index in [1.165, 1.54) is 57.8 Å². The summed E-state index contributed by atoms with van der Waals surface area (Å²) in [7, 11) is 0. The first-order valence-electron chi connectivity index (χ1n) is 9.80. The Labute approximate surface area is 134 Å². The van der Waals surface area contributed by atoms with E-state index in [-0.39, 0.29) is 0 Å². The van der Waals surface area contributed by atoms with E-state index >= 15 is 0 Å². The molecule has 0 heteroatoms. The van der Waals surface area contributed by atoms with Gasteiger partial charge in [-0.3, -0.25) is 0 Å².